The van der Waals surface area contributed by atoms with Crippen molar-refractivity contribution in [2.45, 2.75) is 19.1 Å². The third kappa shape index (κ3) is 3.24. The van der Waals surface area contributed by atoms with E-state index < -0.39 is 12.2 Å². The summed E-state index contributed by atoms with van der Waals surface area (Å²) in [6, 6.07) is 0. The van der Waals surface area contributed by atoms with Crippen molar-refractivity contribution in [1.29, 1.82) is 0 Å². The molecule has 9 heteroatoms. The number of nitrogens with one attached hydrogen (secondary N) is 1. The molecule has 0 aromatic carbocycles. The number of thioether (sulfide) groups is 1. The van der Waals surface area contributed by atoms with Gasteiger partial charge in [-0.1, -0.05) is 23.4 Å². The van der Waals surface area contributed by atoms with E-state index >= 15 is 0 Å². The van der Waals surface area contributed by atoms with E-state index in [0.717, 1.165) is 11.8 Å². The minimum atomic E-state index is -1.21. The van der Waals surface area contributed by atoms with E-state index in [4.69, 9.17) is 23.2 Å². The van der Waals surface area contributed by atoms with Crippen LogP contribution in [-0.2, 0) is 4.79 Å². The molecule has 0 spiro atoms. The number of carbonyl (C=O) groups is 1. The van der Waals surface area contributed by atoms with Gasteiger partial charge < -0.3 is 15.2 Å². The number of aliphatic hydroxyl groups excluding tert-OH is 2. The van der Waals surface area contributed by atoms with Gasteiger partial charge in [0.15, 0.2) is 5.12 Å². The number of aliphatic hydroxyl groups is 2. The third-order valence-electron chi connectivity index (χ3n) is 2.63. The van der Waals surface area contributed by atoms with Gasteiger partial charge in [0.05, 0.1) is 11.5 Å². The number of nitrogens with zero attached hydrogens (tertiary/aromatic N) is 2. The van der Waals surface area contributed by atoms with Gasteiger partial charge >= 0.3 is 0 Å². The molecule has 6 nitrogen and oxygen atoms in total. The average Bonchev–Trinajstić information content (AvgIpc) is 2.78. The summed E-state index contributed by atoms with van der Waals surface area (Å²) >= 11 is 12.6. The molecule has 2 aromatic rings. The summed E-state index contributed by atoms with van der Waals surface area (Å²) in [5, 5.41) is 20.4. The van der Waals surface area contributed by atoms with E-state index in [-0.39, 0.29) is 21.3 Å². The first-order valence-corrected chi connectivity index (χ1v) is 7.33. The molecule has 2 rings (SSSR count). The van der Waals surface area contributed by atoms with Crippen molar-refractivity contribution in [2.75, 3.05) is 5.75 Å². The van der Waals surface area contributed by atoms with Crippen LogP contribution in [0.15, 0.2) is 6.20 Å². The van der Waals surface area contributed by atoms with Gasteiger partial charge in [0.2, 0.25) is 5.28 Å². The van der Waals surface area contributed by atoms with Gasteiger partial charge in [-0.3, -0.25) is 4.79 Å². The summed E-state index contributed by atoms with van der Waals surface area (Å²) in [5.74, 6) is 0.0786. The molecular formula is C11H11Cl2N3O3S. The SMILES string of the molecule is CC(=O)SCC(O)C(O)c1c[nH]c2nc(Cl)nc(Cl)c12. The number of carbonyl (C=O) groups excluding carboxylic acids is 1. The highest BCUT2D eigenvalue weighted by atomic mass is 35.5. The van der Waals surface area contributed by atoms with E-state index in [1.807, 2.05) is 0 Å². The van der Waals surface area contributed by atoms with Crippen LogP contribution in [0.3, 0.4) is 0 Å². The van der Waals surface area contributed by atoms with Crippen LogP contribution >= 0.6 is 35.0 Å². The van der Waals surface area contributed by atoms with Gasteiger partial charge in [-0.05, 0) is 11.6 Å². The molecule has 0 bridgehead atoms. The zero-order valence-electron chi connectivity index (χ0n) is 10.3. The summed E-state index contributed by atoms with van der Waals surface area (Å²) in [5.41, 5.74) is 0.730. The number of halogens is 2. The lowest BCUT2D eigenvalue weighted by atomic mass is 10.1. The van der Waals surface area contributed by atoms with Gasteiger partial charge in [-0.25, -0.2) is 4.98 Å². The molecule has 0 aliphatic carbocycles. The predicted molar refractivity (Wildman–Crippen MR) is 78.0 cm³/mol. The number of rotatable bonds is 4. The van der Waals surface area contributed by atoms with Crippen LogP contribution in [0.5, 0.6) is 0 Å². The molecular weight excluding hydrogens is 325 g/mol. The Kier molecular flexibility index (Phi) is 4.87. The molecule has 0 fully saturated rings. The molecule has 0 saturated carbocycles. The summed E-state index contributed by atoms with van der Waals surface area (Å²) in [6.07, 6.45) is -0.846. The van der Waals surface area contributed by atoms with Gasteiger partial charge in [0, 0.05) is 24.4 Å². The normalized spacial score (nSPS) is 14.4. The molecule has 2 heterocycles. The van der Waals surface area contributed by atoms with Crippen LogP contribution in [0.1, 0.15) is 18.6 Å². The maximum absolute atomic E-state index is 10.9. The van der Waals surface area contributed by atoms with Crippen molar-refractivity contribution in [3.05, 3.63) is 22.2 Å². The first-order chi connectivity index (χ1) is 9.40. The Morgan fingerprint density at radius 1 is 1.45 bits per heavy atom. The Labute approximate surface area is 128 Å². The van der Waals surface area contributed by atoms with Crippen molar-refractivity contribution in [3.63, 3.8) is 0 Å². The maximum Gasteiger partial charge on any atom is 0.225 e. The van der Waals surface area contributed by atoms with Gasteiger partial charge in [-0.15, -0.1) is 0 Å². The fourth-order valence-electron chi connectivity index (χ4n) is 1.72. The summed E-state index contributed by atoms with van der Waals surface area (Å²) < 4.78 is 0. The highest BCUT2D eigenvalue weighted by Crippen LogP contribution is 2.31. The van der Waals surface area contributed by atoms with E-state index in [0.29, 0.717) is 16.6 Å². The zero-order chi connectivity index (χ0) is 14.9. The number of hydrogen-bond donors (Lipinski definition) is 3. The van der Waals surface area contributed by atoms with Crippen LogP contribution in [0.25, 0.3) is 11.0 Å². The number of aromatic nitrogens is 3. The van der Waals surface area contributed by atoms with Crippen LogP contribution in [0.4, 0.5) is 0 Å². The smallest absolute Gasteiger partial charge is 0.225 e. The summed E-state index contributed by atoms with van der Waals surface area (Å²) in [7, 11) is 0. The van der Waals surface area contributed by atoms with Crippen molar-refractivity contribution < 1.29 is 15.0 Å². The average molecular weight is 336 g/mol. The molecule has 2 aromatic heterocycles. The minimum absolute atomic E-state index is 0.0157. The standard InChI is InChI=1S/C11H11Cl2N3O3S/c1-4(17)20-3-6(18)8(19)5-2-14-10-7(5)9(12)15-11(13)16-10/h2,6,8,18-19H,3H2,1H3,(H,14,15,16). The van der Waals surface area contributed by atoms with Crippen LogP contribution in [0.2, 0.25) is 10.4 Å². The van der Waals surface area contributed by atoms with Crippen LogP contribution in [0, 0.1) is 0 Å². The quantitative estimate of drug-likeness (QED) is 0.583. The van der Waals surface area contributed by atoms with E-state index in [1.54, 1.807) is 0 Å². The van der Waals surface area contributed by atoms with Crippen molar-refractivity contribution in [3.8, 4) is 0 Å². The Bertz CT molecular complexity index is 649. The second kappa shape index (κ2) is 6.28. The van der Waals surface area contributed by atoms with Gasteiger partial charge in [0.25, 0.3) is 0 Å². The first kappa shape index (κ1) is 15.5. The molecule has 108 valence electrons. The molecule has 0 saturated heterocycles. The van der Waals surface area contributed by atoms with Crippen molar-refractivity contribution >= 4 is 51.1 Å². The summed E-state index contributed by atoms with van der Waals surface area (Å²) in [4.78, 5) is 21.4. The molecule has 3 N–H and O–H groups in total. The summed E-state index contributed by atoms with van der Waals surface area (Å²) in [6.45, 7) is 1.39. The Hall–Kier alpha value is -0.860. The Balaban J connectivity index is 2.30. The minimum Gasteiger partial charge on any atom is -0.389 e. The van der Waals surface area contributed by atoms with E-state index in [9.17, 15) is 15.0 Å². The Morgan fingerprint density at radius 3 is 2.80 bits per heavy atom. The molecule has 2 atom stereocenters. The lowest BCUT2D eigenvalue weighted by Crippen LogP contribution is -2.21. The van der Waals surface area contributed by atoms with Gasteiger partial charge in [-0.2, -0.15) is 4.98 Å². The Morgan fingerprint density at radius 2 is 2.15 bits per heavy atom. The second-order valence-corrected chi connectivity index (χ2v) is 5.96. The fourth-order valence-corrected chi connectivity index (χ4v) is 2.80. The molecule has 20 heavy (non-hydrogen) atoms. The zero-order valence-corrected chi connectivity index (χ0v) is 12.6. The second-order valence-electron chi connectivity index (χ2n) is 4.07. The van der Waals surface area contributed by atoms with Crippen molar-refractivity contribution in [2.24, 2.45) is 0 Å². The molecule has 0 radical (unpaired) electrons. The predicted octanol–water partition coefficient (Wildman–Crippen LogP) is 1.94. The number of H-pyrrole nitrogens is 1. The number of fused-ring (bicyclic) bond motifs is 1. The number of aromatic amines is 1. The maximum atomic E-state index is 10.9. The largest absolute Gasteiger partial charge is 0.389 e. The first-order valence-electron chi connectivity index (χ1n) is 5.59. The lowest BCUT2D eigenvalue weighted by molar-refractivity contribution is -0.109. The fraction of sp³-hybridized carbons (Fsp3) is 0.364. The monoisotopic (exact) mass is 335 g/mol. The highest BCUT2D eigenvalue weighted by Gasteiger charge is 2.24. The van der Waals surface area contributed by atoms with Gasteiger partial charge in [0.1, 0.15) is 16.9 Å². The topological polar surface area (TPSA) is 99.1 Å². The lowest BCUT2D eigenvalue weighted by Gasteiger charge is -2.16. The molecule has 2 unspecified atom stereocenters. The van der Waals surface area contributed by atoms with E-state index in [2.05, 4.69) is 15.0 Å². The number of hydrogen-bond acceptors (Lipinski definition) is 6. The highest BCUT2D eigenvalue weighted by molar-refractivity contribution is 8.13. The molecule has 0 amide bonds. The van der Waals surface area contributed by atoms with Crippen LogP contribution in [-0.4, -0.2) is 42.1 Å². The molecule has 0 aliphatic rings. The third-order valence-corrected chi connectivity index (χ3v) is 3.99. The van der Waals surface area contributed by atoms with Crippen LogP contribution < -0.4 is 0 Å². The van der Waals surface area contributed by atoms with Crippen molar-refractivity contribution in [1.82, 2.24) is 15.0 Å². The molecule has 0 aliphatic heterocycles. The van der Waals surface area contributed by atoms with E-state index in [1.165, 1.54) is 13.1 Å².